The van der Waals surface area contributed by atoms with Gasteiger partial charge in [-0.05, 0) is 29.8 Å². The first-order valence-corrected chi connectivity index (χ1v) is 8.23. The van der Waals surface area contributed by atoms with Crippen LogP contribution in [0.5, 0.6) is 11.5 Å². The molecule has 5 heteroatoms. The molecule has 0 heterocycles. The van der Waals surface area contributed by atoms with E-state index in [-0.39, 0.29) is 0 Å². The fourth-order valence-electron chi connectivity index (χ4n) is 1.71. The summed E-state index contributed by atoms with van der Waals surface area (Å²) in [6.07, 6.45) is 0. The number of benzene rings is 2. The predicted octanol–water partition coefficient (Wildman–Crippen LogP) is 5.59. The van der Waals surface area contributed by atoms with Crippen molar-refractivity contribution in [2.45, 2.75) is 11.9 Å². The molecule has 2 aromatic carbocycles. The molecule has 106 valence electrons. The van der Waals surface area contributed by atoms with Gasteiger partial charge in [0.05, 0.1) is 7.11 Å². The third-order valence-corrected chi connectivity index (χ3v) is 4.27. The van der Waals surface area contributed by atoms with E-state index in [1.807, 2.05) is 36.4 Å². The Morgan fingerprint density at radius 1 is 1.10 bits per heavy atom. The molecule has 0 saturated carbocycles. The Morgan fingerprint density at radius 2 is 1.90 bits per heavy atom. The Morgan fingerprint density at radius 3 is 2.55 bits per heavy atom. The Hall–Kier alpha value is -0.710. The highest BCUT2D eigenvalue weighted by Gasteiger charge is 2.08. The van der Waals surface area contributed by atoms with Crippen molar-refractivity contribution in [2.24, 2.45) is 0 Å². The topological polar surface area (TPSA) is 18.5 Å². The van der Waals surface area contributed by atoms with E-state index in [1.54, 1.807) is 7.11 Å². The van der Waals surface area contributed by atoms with Crippen molar-refractivity contribution in [3.63, 3.8) is 0 Å². The van der Waals surface area contributed by atoms with Crippen LogP contribution in [-0.4, -0.2) is 7.11 Å². The summed E-state index contributed by atoms with van der Waals surface area (Å²) in [6.45, 7) is 0.397. The van der Waals surface area contributed by atoms with Crippen molar-refractivity contribution in [3.05, 3.63) is 57.0 Å². The maximum absolute atomic E-state index is 6.18. The van der Waals surface area contributed by atoms with Gasteiger partial charge in [0.25, 0.3) is 0 Å². The molecule has 0 saturated heterocycles. The average Bonchev–Trinajstić information content (AvgIpc) is 2.46. The first-order valence-electron chi connectivity index (χ1n) is 5.93. The zero-order valence-electron chi connectivity index (χ0n) is 10.8. The summed E-state index contributed by atoms with van der Waals surface area (Å²) in [7, 11) is 1.63. The molecule has 0 radical (unpaired) electrons. The Balaban J connectivity index is 2.17. The molecule has 0 aliphatic heterocycles. The van der Waals surface area contributed by atoms with Crippen molar-refractivity contribution in [3.8, 4) is 11.5 Å². The van der Waals surface area contributed by atoms with Gasteiger partial charge in [-0.1, -0.05) is 55.6 Å². The van der Waals surface area contributed by atoms with Gasteiger partial charge >= 0.3 is 0 Å². The van der Waals surface area contributed by atoms with E-state index in [9.17, 15) is 0 Å². The van der Waals surface area contributed by atoms with Gasteiger partial charge < -0.3 is 9.47 Å². The standard InChI is InChI=1S/C15H13Br2ClO2/c1-19-14-5-2-10(8-16)6-15(14)20-9-11-3-4-12(17)7-13(11)18/h2-7H,8-9H2,1H3. The number of ether oxygens (including phenoxy) is 2. The Labute approximate surface area is 140 Å². The van der Waals surface area contributed by atoms with Crippen LogP contribution in [0.1, 0.15) is 11.1 Å². The molecule has 0 aliphatic carbocycles. The van der Waals surface area contributed by atoms with Gasteiger partial charge in [-0.2, -0.15) is 0 Å². The molecule has 0 amide bonds. The van der Waals surface area contributed by atoms with Crippen LogP contribution < -0.4 is 9.47 Å². The summed E-state index contributed by atoms with van der Waals surface area (Å²) in [6, 6.07) is 11.6. The van der Waals surface area contributed by atoms with E-state index in [2.05, 4.69) is 31.9 Å². The summed E-state index contributed by atoms with van der Waals surface area (Å²) in [5.74, 6) is 1.42. The van der Waals surface area contributed by atoms with E-state index in [0.29, 0.717) is 23.1 Å². The van der Waals surface area contributed by atoms with E-state index < -0.39 is 0 Å². The number of alkyl halides is 1. The van der Waals surface area contributed by atoms with E-state index >= 15 is 0 Å². The fourth-order valence-corrected chi connectivity index (χ4v) is 2.79. The second kappa shape index (κ2) is 7.34. The van der Waals surface area contributed by atoms with Crippen molar-refractivity contribution >= 4 is 43.5 Å². The van der Waals surface area contributed by atoms with Crippen LogP contribution in [0.3, 0.4) is 0 Å². The molecule has 2 rings (SSSR count). The first kappa shape index (κ1) is 15.7. The lowest BCUT2D eigenvalue weighted by atomic mass is 10.2. The van der Waals surface area contributed by atoms with Gasteiger partial charge in [-0.25, -0.2) is 0 Å². The molecule has 0 atom stereocenters. The Kier molecular flexibility index (Phi) is 5.75. The maximum atomic E-state index is 6.18. The number of hydrogen-bond acceptors (Lipinski definition) is 2. The predicted molar refractivity (Wildman–Crippen MR) is 89.1 cm³/mol. The summed E-state index contributed by atoms with van der Waals surface area (Å²) in [5, 5.41) is 1.45. The van der Waals surface area contributed by atoms with Gasteiger partial charge in [0.1, 0.15) is 6.61 Å². The van der Waals surface area contributed by atoms with Gasteiger partial charge in [0, 0.05) is 20.4 Å². The highest BCUT2D eigenvalue weighted by atomic mass is 79.9. The second-order valence-corrected chi connectivity index (χ2v) is 6.03. The minimum absolute atomic E-state index is 0.397. The highest BCUT2D eigenvalue weighted by Crippen LogP contribution is 2.30. The average molecular weight is 421 g/mol. The molecule has 2 nitrogen and oxygen atoms in total. The van der Waals surface area contributed by atoms with Crippen LogP contribution in [0.25, 0.3) is 0 Å². The smallest absolute Gasteiger partial charge is 0.161 e. The molecular weight excluding hydrogens is 407 g/mol. The highest BCUT2D eigenvalue weighted by molar-refractivity contribution is 9.10. The normalized spacial score (nSPS) is 10.4. The molecule has 0 spiro atoms. The van der Waals surface area contributed by atoms with Crippen LogP contribution in [0.15, 0.2) is 40.9 Å². The minimum Gasteiger partial charge on any atom is -0.493 e. The minimum atomic E-state index is 0.397. The summed E-state index contributed by atoms with van der Waals surface area (Å²) in [4.78, 5) is 0. The molecule has 0 aromatic heterocycles. The van der Waals surface area contributed by atoms with Gasteiger partial charge in [0.15, 0.2) is 11.5 Å². The fraction of sp³-hybridized carbons (Fsp3) is 0.200. The lowest BCUT2D eigenvalue weighted by Gasteiger charge is -2.12. The van der Waals surface area contributed by atoms with Crippen LogP contribution in [0.2, 0.25) is 5.02 Å². The second-order valence-electron chi connectivity index (χ2n) is 4.14. The molecule has 0 aliphatic rings. The maximum Gasteiger partial charge on any atom is 0.161 e. The molecule has 0 unspecified atom stereocenters. The lowest BCUT2D eigenvalue weighted by molar-refractivity contribution is 0.284. The largest absolute Gasteiger partial charge is 0.493 e. The zero-order chi connectivity index (χ0) is 14.5. The van der Waals surface area contributed by atoms with Gasteiger partial charge in [-0.3, -0.25) is 0 Å². The number of halogens is 3. The van der Waals surface area contributed by atoms with Gasteiger partial charge in [0.2, 0.25) is 0 Å². The molecule has 0 bridgehead atoms. The van der Waals surface area contributed by atoms with Crippen LogP contribution in [-0.2, 0) is 11.9 Å². The SMILES string of the molecule is COc1ccc(CBr)cc1OCc1ccc(Br)cc1Cl. The third kappa shape index (κ3) is 3.90. The summed E-state index contributed by atoms with van der Waals surface area (Å²) >= 11 is 13.0. The van der Waals surface area contributed by atoms with Crippen molar-refractivity contribution in [2.75, 3.05) is 7.11 Å². The summed E-state index contributed by atoms with van der Waals surface area (Å²) < 4.78 is 12.1. The van der Waals surface area contributed by atoms with E-state index in [0.717, 1.165) is 20.9 Å². The Bertz CT molecular complexity index is 602. The molecule has 2 aromatic rings. The third-order valence-electron chi connectivity index (χ3n) is 2.78. The summed E-state index contributed by atoms with van der Waals surface area (Å²) in [5.41, 5.74) is 2.06. The van der Waals surface area contributed by atoms with Gasteiger partial charge in [-0.15, -0.1) is 0 Å². The monoisotopic (exact) mass is 418 g/mol. The first-order chi connectivity index (χ1) is 9.63. The molecule has 0 fully saturated rings. The zero-order valence-corrected chi connectivity index (χ0v) is 14.8. The van der Waals surface area contributed by atoms with E-state index in [1.165, 1.54) is 0 Å². The lowest BCUT2D eigenvalue weighted by Crippen LogP contribution is -1.99. The molecular formula is C15H13Br2ClO2. The number of hydrogen-bond donors (Lipinski definition) is 0. The number of methoxy groups -OCH3 is 1. The van der Waals surface area contributed by atoms with Crippen LogP contribution >= 0.6 is 43.5 Å². The molecule has 0 N–H and O–H groups in total. The number of rotatable bonds is 5. The quantitative estimate of drug-likeness (QED) is 0.588. The van der Waals surface area contributed by atoms with Crippen LogP contribution in [0, 0.1) is 0 Å². The van der Waals surface area contributed by atoms with Crippen molar-refractivity contribution in [1.82, 2.24) is 0 Å². The molecule has 20 heavy (non-hydrogen) atoms. The van der Waals surface area contributed by atoms with Crippen molar-refractivity contribution < 1.29 is 9.47 Å². The van der Waals surface area contributed by atoms with Crippen LogP contribution in [0.4, 0.5) is 0 Å². The van der Waals surface area contributed by atoms with E-state index in [4.69, 9.17) is 21.1 Å². The van der Waals surface area contributed by atoms with Crippen molar-refractivity contribution in [1.29, 1.82) is 0 Å².